The Balaban J connectivity index is 2.15. The van der Waals surface area contributed by atoms with E-state index in [4.69, 9.17) is 16.3 Å². The van der Waals surface area contributed by atoms with Crippen molar-refractivity contribution in [1.29, 1.82) is 0 Å². The van der Waals surface area contributed by atoms with Gasteiger partial charge in [-0.3, -0.25) is 4.79 Å². The van der Waals surface area contributed by atoms with Gasteiger partial charge in [-0.25, -0.2) is 0 Å². The lowest BCUT2D eigenvalue weighted by Crippen LogP contribution is -1.97. The van der Waals surface area contributed by atoms with Gasteiger partial charge in [-0.1, -0.05) is 41.9 Å². The van der Waals surface area contributed by atoms with Crippen LogP contribution in [-0.4, -0.2) is 6.29 Å². The van der Waals surface area contributed by atoms with Crippen LogP contribution in [-0.2, 0) is 6.61 Å². The van der Waals surface area contributed by atoms with E-state index in [2.05, 4.69) is 0 Å². The molecule has 2 aromatic carbocycles. The van der Waals surface area contributed by atoms with Crippen molar-refractivity contribution in [2.75, 3.05) is 0 Å². The maximum Gasteiger partial charge on any atom is 0.150 e. The number of hydrogen-bond acceptors (Lipinski definition) is 2. The monoisotopic (exact) mass is 260 g/mol. The molecule has 2 rings (SSSR count). The van der Waals surface area contributed by atoms with Gasteiger partial charge in [-0.15, -0.1) is 0 Å². The Labute approximate surface area is 111 Å². The van der Waals surface area contributed by atoms with Crippen molar-refractivity contribution in [2.45, 2.75) is 13.5 Å². The fourth-order valence-electron chi connectivity index (χ4n) is 1.64. The number of carbonyl (C=O) groups excluding carboxylic acids is 1. The van der Waals surface area contributed by atoms with Crippen molar-refractivity contribution in [2.24, 2.45) is 0 Å². The molecule has 0 atom stereocenters. The molecule has 0 bridgehead atoms. The molecule has 2 aromatic rings. The third-order valence-corrected chi connectivity index (χ3v) is 2.98. The van der Waals surface area contributed by atoms with Gasteiger partial charge in [0.15, 0.2) is 0 Å². The molecule has 0 aromatic heterocycles. The number of aryl methyl sites for hydroxylation is 1. The van der Waals surface area contributed by atoms with Crippen LogP contribution in [0, 0.1) is 6.92 Å². The first-order valence-corrected chi connectivity index (χ1v) is 6.00. The van der Waals surface area contributed by atoms with Gasteiger partial charge < -0.3 is 4.74 Å². The molecular formula is C15H13ClO2. The third kappa shape index (κ3) is 2.90. The Morgan fingerprint density at radius 2 is 1.94 bits per heavy atom. The molecule has 0 saturated carbocycles. The van der Waals surface area contributed by atoms with Gasteiger partial charge in [0, 0.05) is 5.56 Å². The number of benzene rings is 2. The largest absolute Gasteiger partial charge is 0.487 e. The summed E-state index contributed by atoms with van der Waals surface area (Å²) in [5.41, 5.74) is 2.52. The van der Waals surface area contributed by atoms with E-state index in [1.807, 2.05) is 37.3 Å². The average molecular weight is 261 g/mol. The van der Waals surface area contributed by atoms with Gasteiger partial charge >= 0.3 is 0 Å². The van der Waals surface area contributed by atoms with E-state index in [1.54, 1.807) is 12.1 Å². The predicted molar refractivity (Wildman–Crippen MR) is 72.4 cm³/mol. The minimum absolute atomic E-state index is 0.457. The van der Waals surface area contributed by atoms with E-state index >= 15 is 0 Å². The highest BCUT2D eigenvalue weighted by Gasteiger charge is 2.06. The summed E-state index contributed by atoms with van der Waals surface area (Å²) < 4.78 is 5.66. The van der Waals surface area contributed by atoms with Crippen molar-refractivity contribution in [3.63, 3.8) is 0 Å². The Morgan fingerprint density at radius 1 is 1.22 bits per heavy atom. The summed E-state index contributed by atoms with van der Waals surface area (Å²) in [5.74, 6) is 0.601. The number of carbonyl (C=O) groups is 1. The highest BCUT2D eigenvalue weighted by atomic mass is 35.5. The second kappa shape index (κ2) is 5.69. The summed E-state index contributed by atoms with van der Waals surface area (Å²) in [5, 5.41) is 0.457. The summed E-state index contributed by atoms with van der Waals surface area (Å²) in [6.07, 6.45) is 0.794. The van der Waals surface area contributed by atoms with Gasteiger partial charge in [0.2, 0.25) is 0 Å². The highest BCUT2D eigenvalue weighted by molar-refractivity contribution is 6.32. The van der Waals surface area contributed by atoms with Crippen LogP contribution in [0.15, 0.2) is 42.5 Å². The first kappa shape index (κ1) is 12.7. The summed E-state index contributed by atoms with van der Waals surface area (Å²) in [6.45, 7) is 2.32. The predicted octanol–water partition coefficient (Wildman–Crippen LogP) is 4.04. The normalized spacial score (nSPS) is 10.1. The summed E-state index contributed by atoms with van der Waals surface area (Å²) in [6, 6.07) is 13.3. The Morgan fingerprint density at radius 3 is 2.61 bits per heavy atom. The summed E-state index contributed by atoms with van der Waals surface area (Å²) in [7, 11) is 0. The topological polar surface area (TPSA) is 26.3 Å². The minimum atomic E-state index is 0.457. The van der Waals surface area contributed by atoms with Crippen molar-refractivity contribution in [3.8, 4) is 5.75 Å². The SMILES string of the molecule is Cc1cc(OCc2ccccc2)c(Cl)cc1C=O. The van der Waals surface area contributed by atoms with Crippen LogP contribution >= 0.6 is 11.6 Å². The molecule has 92 valence electrons. The standard InChI is InChI=1S/C15H13ClO2/c1-11-7-15(14(16)8-13(11)9-17)18-10-12-5-3-2-4-6-12/h2-9H,10H2,1H3. The lowest BCUT2D eigenvalue weighted by Gasteiger charge is -2.10. The summed E-state index contributed by atoms with van der Waals surface area (Å²) >= 11 is 6.06. The zero-order valence-corrected chi connectivity index (χ0v) is 10.8. The molecular weight excluding hydrogens is 248 g/mol. The number of rotatable bonds is 4. The van der Waals surface area contributed by atoms with E-state index in [-0.39, 0.29) is 0 Å². The maximum absolute atomic E-state index is 10.8. The van der Waals surface area contributed by atoms with E-state index in [0.29, 0.717) is 22.9 Å². The molecule has 0 spiro atoms. The van der Waals surface area contributed by atoms with Crippen LogP contribution in [0.25, 0.3) is 0 Å². The molecule has 0 fully saturated rings. The van der Waals surface area contributed by atoms with Gasteiger partial charge in [-0.2, -0.15) is 0 Å². The molecule has 0 aliphatic carbocycles. The van der Waals surface area contributed by atoms with Gasteiger partial charge in [0.1, 0.15) is 18.6 Å². The Hall–Kier alpha value is -1.80. The second-order valence-corrected chi connectivity index (χ2v) is 4.44. The van der Waals surface area contributed by atoms with E-state index in [1.165, 1.54) is 0 Å². The fourth-order valence-corrected chi connectivity index (χ4v) is 1.87. The third-order valence-electron chi connectivity index (χ3n) is 2.68. The van der Waals surface area contributed by atoms with Crippen LogP contribution < -0.4 is 4.74 Å². The molecule has 18 heavy (non-hydrogen) atoms. The molecule has 0 aliphatic rings. The first-order chi connectivity index (χ1) is 8.70. The average Bonchev–Trinajstić information content (AvgIpc) is 2.40. The highest BCUT2D eigenvalue weighted by Crippen LogP contribution is 2.28. The van der Waals surface area contributed by atoms with E-state index in [0.717, 1.165) is 17.4 Å². The molecule has 0 unspecified atom stereocenters. The van der Waals surface area contributed by atoms with Crippen molar-refractivity contribution >= 4 is 17.9 Å². The van der Waals surface area contributed by atoms with E-state index < -0.39 is 0 Å². The molecule has 0 N–H and O–H groups in total. The molecule has 0 heterocycles. The molecule has 0 aliphatic heterocycles. The van der Waals surface area contributed by atoms with Crippen LogP contribution in [0.1, 0.15) is 21.5 Å². The first-order valence-electron chi connectivity index (χ1n) is 5.63. The Bertz CT molecular complexity index is 550. The lowest BCUT2D eigenvalue weighted by molar-refractivity contribution is 0.112. The zero-order valence-electron chi connectivity index (χ0n) is 10.0. The fraction of sp³-hybridized carbons (Fsp3) is 0.133. The van der Waals surface area contributed by atoms with Crippen molar-refractivity contribution in [3.05, 3.63) is 64.2 Å². The van der Waals surface area contributed by atoms with Gasteiger partial charge in [0.25, 0.3) is 0 Å². The van der Waals surface area contributed by atoms with E-state index in [9.17, 15) is 4.79 Å². The van der Waals surface area contributed by atoms with Gasteiger partial charge in [0.05, 0.1) is 5.02 Å². The number of hydrogen-bond donors (Lipinski definition) is 0. The number of aldehydes is 1. The van der Waals surface area contributed by atoms with Crippen molar-refractivity contribution in [1.82, 2.24) is 0 Å². The van der Waals surface area contributed by atoms with Crippen LogP contribution in [0.4, 0.5) is 0 Å². The summed E-state index contributed by atoms with van der Waals surface area (Å²) in [4.78, 5) is 10.8. The van der Waals surface area contributed by atoms with Gasteiger partial charge in [-0.05, 0) is 30.2 Å². The second-order valence-electron chi connectivity index (χ2n) is 4.03. The van der Waals surface area contributed by atoms with Crippen LogP contribution in [0.2, 0.25) is 5.02 Å². The zero-order chi connectivity index (χ0) is 13.0. The molecule has 0 saturated heterocycles. The molecule has 0 amide bonds. The maximum atomic E-state index is 10.8. The van der Waals surface area contributed by atoms with Crippen LogP contribution in [0.3, 0.4) is 0 Å². The number of halogens is 1. The molecule has 0 radical (unpaired) electrons. The minimum Gasteiger partial charge on any atom is -0.487 e. The van der Waals surface area contributed by atoms with Crippen molar-refractivity contribution < 1.29 is 9.53 Å². The number of ether oxygens (including phenoxy) is 1. The van der Waals surface area contributed by atoms with Crippen LogP contribution in [0.5, 0.6) is 5.75 Å². The molecule has 2 nitrogen and oxygen atoms in total. The quantitative estimate of drug-likeness (QED) is 0.776. The lowest BCUT2D eigenvalue weighted by atomic mass is 10.1. The smallest absolute Gasteiger partial charge is 0.150 e. The molecule has 3 heteroatoms. The Kier molecular flexibility index (Phi) is 4.00.